The molecule has 5 nitrogen and oxygen atoms in total. The van der Waals surface area contributed by atoms with Gasteiger partial charge < -0.3 is 10.4 Å². The SMILES string of the molecule is O=C(O)CCC(Cc1ccccc1)NCc1c(C2CC2)nc2sccn12. The molecule has 136 valence electrons. The molecule has 1 unspecified atom stereocenters. The molecule has 4 rings (SSSR count). The van der Waals surface area contributed by atoms with Crippen molar-refractivity contribution in [2.24, 2.45) is 0 Å². The summed E-state index contributed by atoms with van der Waals surface area (Å²) in [7, 11) is 0. The zero-order valence-corrected chi connectivity index (χ0v) is 15.4. The summed E-state index contributed by atoms with van der Waals surface area (Å²) in [6.45, 7) is 0.723. The van der Waals surface area contributed by atoms with Gasteiger partial charge in [-0.15, -0.1) is 11.3 Å². The van der Waals surface area contributed by atoms with Crippen molar-refractivity contribution in [2.45, 2.75) is 50.6 Å². The molecule has 2 aromatic heterocycles. The first kappa shape index (κ1) is 17.2. The fraction of sp³-hybridized carbons (Fsp3) is 0.400. The number of nitrogens with one attached hydrogen (secondary N) is 1. The molecule has 0 spiro atoms. The Morgan fingerprint density at radius 2 is 2.15 bits per heavy atom. The van der Waals surface area contributed by atoms with Gasteiger partial charge in [0.25, 0.3) is 0 Å². The molecule has 3 aromatic rings. The summed E-state index contributed by atoms with van der Waals surface area (Å²) in [5.41, 5.74) is 3.69. The molecule has 6 heteroatoms. The van der Waals surface area contributed by atoms with Crippen molar-refractivity contribution in [1.82, 2.24) is 14.7 Å². The molecule has 1 fully saturated rings. The summed E-state index contributed by atoms with van der Waals surface area (Å²) in [5, 5.41) is 14.8. The third kappa shape index (κ3) is 3.97. The van der Waals surface area contributed by atoms with Crippen LogP contribution >= 0.6 is 11.3 Å². The second-order valence-corrected chi connectivity index (χ2v) is 7.85. The van der Waals surface area contributed by atoms with E-state index in [2.05, 4.69) is 33.4 Å². The van der Waals surface area contributed by atoms with Crippen molar-refractivity contribution in [3.05, 3.63) is 58.9 Å². The highest BCUT2D eigenvalue weighted by Crippen LogP contribution is 2.41. The first-order chi connectivity index (χ1) is 12.7. The van der Waals surface area contributed by atoms with Crippen LogP contribution in [0.15, 0.2) is 41.9 Å². The van der Waals surface area contributed by atoms with E-state index in [1.54, 1.807) is 11.3 Å². The van der Waals surface area contributed by atoms with Crippen molar-refractivity contribution in [3.63, 3.8) is 0 Å². The van der Waals surface area contributed by atoms with Gasteiger partial charge in [0.2, 0.25) is 0 Å². The van der Waals surface area contributed by atoms with Gasteiger partial charge in [-0.3, -0.25) is 9.20 Å². The smallest absolute Gasteiger partial charge is 0.303 e. The minimum Gasteiger partial charge on any atom is -0.481 e. The monoisotopic (exact) mass is 369 g/mol. The molecular weight excluding hydrogens is 346 g/mol. The molecule has 1 aliphatic carbocycles. The van der Waals surface area contributed by atoms with Gasteiger partial charge in [0, 0.05) is 36.5 Å². The topological polar surface area (TPSA) is 66.6 Å². The van der Waals surface area contributed by atoms with Gasteiger partial charge in [-0.2, -0.15) is 0 Å². The molecule has 26 heavy (non-hydrogen) atoms. The Hall–Kier alpha value is -2.18. The van der Waals surface area contributed by atoms with Gasteiger partial charge in [-0.05, 0) is 31.2 Å². The molecule has 0 radical (unpaired) electrons. The van der Waals surface area contributed by atoms with E-state index < -0.39 is 5.97 Å². The lowest BCUT2D eigenvalue weighted by molar-refractivity contribution is -0.137. The van der Waals surface area contributed by atoms with Gasteiger partial charge in [-0.25, -0.2) is 4.98 Å². The zero-order valence-electron chi connectivity index (χ0n) is 14.6. The number of thiazole rings is 1. The highest BCUT2D eigenvalue weighted by molar-refractivity contribution is 7.15. The van der Waals surface area contributed by atoms with Crippen molar-refractivity contribution in [1.29, 1.82) is 0 Å². The standard InChI is InChI=1S/C20H23N3O2S/c24-18(25)9-8-16(12-14-4-2-1-3-5-14)21-13-17-19(15-6-7-15)22-20-23(17)10-11-26-20/h1-5,10-11,15-16,21H,6-9,12-13H2,(H,24,25). The maximum absolute atomic E-state index is 11.0. The molecule has 0 amide bonds. The van der Waals surface area contributed by atoms with Crippen molar-refractivity contribution in [3.8, 4) is 0 Å². The third-order valence-electron chi connectivity index (χ3n) is 4.95. The maximum Gasteiger partial charge on any atom is 0.303 e. The molecular formula is C20H23N3O2S. The summed E-state index contributed by atoms with van der Waals surface area (Å²) >= 11 is 1.66. The highest BCUT2D eigenvalue weighted by Gasteiger charge is 2.30. The quantitative estimate of drug-likeness (QED) is 0.601. The molecule has 0 bridgehead atoms. The number of rotatable bonds is 9. The molecule has 1 aromatic carbocycles. The van der Waals surface area contributed by atoms with E-state index in [0.717, 1.165) is 17.9 Å². The number of carbonyl (C=O) groups is 1. The van der Waals surface area contributed by atoms with Gasteiger partial charge in [0.05, 0.1) is 11.4 Å². The van der Waals surface area contributed by atoms with Crippen LogP contribution in [0.2, 0.25) is 0 Å². The summed E-state index contributed by atoms with van der Waals surface area (Å²) < 4.78 is 2.18. The predicted octanol–water partition coefficient (Wildman–Crippen LogP) is 3.84. The number of benzene rings is 1. The average molecular weight is 369 g/mol. The van der Waals surface area contributed by atoms with Gasteiger partial charge in [-0.1, -0.05) is 30.3 Å². The second kappa shape index (κ2) is 7.60. The minimum absolute atomic E-state index is 0.129. The van der Waals surface area contributed by atoms with Crippen molar-refractivity contribution in [2.75, 3.05) is 0 Å². The van der Waals surface area contributed by atoms with E-state index in [9.17, 15) is 4.79 Å². The Labute approximate surface area is 156 Å². The van der Waals surface area contributed by atoms with Crippen molar-refractivity contribution < 1.29 is 9.90 Å². The van der Waals surface area contributed by atoms with Crippen LogP contribution in [0.4, 0.5) is 0 Å². The van der Waals surface area contributed by atoms with Crippen LogP contribution in [0.3, 0.4) is 0 Å². The van der Waals surface area contributed by atoms with Crippen LogP contribution in [0.25, 0.3) is 4.96 Å². The Balaban J connectivity index is 1.49. The highest BCUT2D eigenvalue weighted by atomic mass is 32.1. The average Bonchev–Trinajstić information content (AvgIpc) is 3.28. The van der Waals surface area contributed by atoms with Crippen LogP contribution in [-0.2, 0) is 17.8 Å². The number of nitrogens with zero attached hydrogens (tertiary/aromatic N) is 2. The Kier molecular flexibility index (Phi) is 5.04. The summed E-state index contributed by atoms with van der Waals surface area (Å²) in [5.74, 6) is -0.140. The van der Waals surface area contributed by atoms with Crippen LogP contribution in [0.1, 0.15) is 48.6 Å². The van der Waals surface area contributed by atoms with Crippen LogP contribution in [0, 0.1) is 0 Å². The van der Waals surface area contributed by atoms with Crippen molar-refractivity contribution >= 4 is 22.3 Å². The lowest BCUT2D eigenvalue weighted by atomic mass is 10.0. The fourth-order valence-electron chi connectivity index (χ4n) is 3.42. The second-order valence-electron chi connectivity index (χ2n) is 6.97. The number of fused-ring (bicyclic) bond motifs is 1. The molecule has 1 aliphatic rings. The van der Waals surface area contributed by atoms with Crippen LogP contribution < -0.4 is 5.32 Å². The van der Waals surface area contributed by atoms with Gasteiger partial charge in [0.15, 0.2) is 4.96 Å². The Morgan fingerprint density at radius 3 is 2.88 bits per heavy atom. The van der Waals surface area contributed by atoms with E-state index in [-0.39, 0.29) is 12.5 Å². The first-order valence-electron chi connectivity index (χ1n) is 9.14. The van der Waals surface area contributed by atoms with Gasteiger partial charge >= 0.3 is 5.97 Å². The number of imidazole rings is 1. The van der Waals surface area contributed by atoms with Crippen LogP contribution in [-0.4, -0.2) is 26.5 Å². The van der Waals surface area contributed by atoms with E-state index in [1.807, 2.05) is 18.2 Å². The molecule has 2 N–H and O–H groups in total. The predicted molar refractivity (Wildman–Crippen MR) is 103 cm³/mol. The lowest BCUT2D eigenvalue weighted by Gasteiger charge is -2.18. The number of carboxylic acids is 1. The minimum atomic E-state index is -0.742. The molecule has 2 heterocycles. The summed E-state index contributed by atoms with van der Waals surface area (Å²) in [6, 6.07) is 10.4. The summed E-state index contributed by atoms with van der Waals surface area (Å²) in [4.78, 5) is 16.9. The van der Waals surface area contributed by atoms with Gasteiger partial charge in [0.1, 0.15) is 0 Å². The number of hydrogen-bond donors (Lipinski definition) is 2. The number of aliphatic carboxylic acids is 1. The molecule has 1 atom stereocenters. The number of carboxylic acid groups (broad SMARTS) is 1. The van der Waals surface area contributed by atoms with E-state index >= 15 is 0 Å². The zero-order chi connectivity index (χ0) is 17.9. The third-order valence-corrected chi connectivity index (χ3v) is 5.70. The molecule has 0 saturated heterocycles. The van der Waals surface area contributed by atoms with E-state index in [0.29, 0.717) is 12.3 Å². The summed E-state index contributed by atoms with van der Waals surface area (Å²) in [6.07, 6.45) is 6.17. The fourth-order valence-corrected chi connectivity index (χ4v) is 4.16. The lowest BCUT2D eigenvalue weighted by Crippen LogP contribution is -2.32. The molecule has 1 saturated carbocycles. The number of aromatic nitrogens is 2. The molecule has 0 aliphatic heterocycles. The largest absolute Gasteiger partial charge is 0.481 e. The van der Waals surface area contributed by atoms with Crippen LogP contribution in [0.5, 0.6) is 0 Å². The Morgan fingerprint density at radius 1 is 1.35 bits per heavy atom. The first-order valence-corrected chi connectivity index (χ1v) is 10.0. The number of hydrogen-bond acceptors (Lipinski definition) is 4. The maximum atomic E-state index is 11.0. The Bertz CT molecular complexity index is 883. The normalized spacial score (nSPS) is 15.4. The van der Waals surface area contributed by atoms with E-state index in [4.69, 9.17) is 10.1 Å². The van der Waals surface area contributed by atoms with E-state index in [1.165, 1.54) is 29.8 Å².